The molecule has 3 heterocycles. The standard InChI is InChI=1S/C27H30N6O3/c1-35-24-9-7-21(8-10-24)26-12-11-25(36-26)17-28-27(34)20-33-19-22(29-30-33)18-31-13-15-32(16-14-31)23-5-3-2-4-6-23/h2-12,19H,13-18,20H2,1H3,(H,28,34). The molecule has 1 amide bonds. The minimum Gasteiger partial charge on any atom is -0.497 e. The van der Waals surface area contributed by atoms with Gasteiger partial charge in [-0.25, -0.2) is 4.68 Å². The molecule has 9 nitrogen and oxygen atoms in total. The second-order valence-corrected chi connectivity index (χ2v) is 8.78. The third-order valence-electron chi connectivity index (χ3n) is 6.27. The molecule has 1 saturated heterocycles. The molecule has 0 radical (unpaired) electrons. The van der Waals surface area contributed by atoms with Crippen molar-refractivity contribution in [1.29, 1.82) is 0 Å². The number of para-hydroxylation sites is 1. The third-order valence-corrected chi connectivity index (χ3v) is 6.27. The molecule has 36 heavy (non-hydrogen) atoms. The van der Waals surface area contributed by atoms with Gasteiger partial charge in [-0.1, -0.05) is 23.4 Å². The van der Waals surface area contributed by atoms with Crippen LogP contribution in [0.5, 0.6) is 5.75 Å². The number of nitrogens with one attached hydrogen (secondary N) is 1. The van der Waals surface area contributed by atoms with Crippen molar-refractivity contribution in [3.63, 3.8) is 0 Å². The molecule has 0 atom stereocenters. The highest BCUT2D eigenvalue weighted by atomic mass is 16.5. The Kier molecular flexibility index (Phi) is 7.28. The third kappa shape index (κ3) is 5.92. The largest absolute Gasteiger partial charge is 0.497 e. The van der Waals surface area contributed by atoms with E-state index in [1.807, 2.05) is 48.7 Å². The summed E-state index contributed by atoms with van der Waals surface area (Å²) < 4.78 is 12.6. The molecule has 9 heteroatoms. The summed E-state index contributed by atoms with van der Waals surface area (Å²) in [5, 5.41) is 11.3. The van der Waals surface area contributed by atoms with Crippen molar-refractivity contribution in [2.45, 2.75) is 19.6 Å². The Balaban J connectivity index is 1.06. The number of methoxy groups -OCH3 is 1. The van der Waals surface area contributed by atoms with Crippen LogP contribution in [-0.2, 0) is 24.4 Å². The van der Waals surface area contributed by atoms with Crippen LogP contribution < -0.4 is 15.0 Å². The number of ether oxygens (including phenoxy) is 1. The first-order valence-corrected chi connectivity index (χ1v) is 12.1. The highest BCUT2D eigenvalue weighted by Gasteiger charge is 2.18. The molecule has 2 aromatic heterocycles. The van der Waals surface area contributed by atoms with Crippen LogP contribution >= 0.6 is 0 Å². The van der Waals surface area contributed by atoms with E-state index >= 15 is 0 Å². The van der Waals surface area contributed by atoms with Crippen molar-refractivity contribution < 1.29 is 13.9 Å². The lowest BCUT2D eigenvalue weighted by Gasteiger charge is -2.35. The van der Waals surface area contributed by atoms with Crippen LogP contribution in [0, 0.1) is 0 Å². The van der Waals surface area contributed by atoms with E-state index in [1.54, 1.807) is 11.8 Å². The molecule has 1 fully saturated rings. The Labute approximate surface area is 210 Å². The Hall–Kier alpha value is -4.11. The fourth-order valence-corrected chi connectivity index (χ4v) is 4.29. The number of carbonyl (C=O) groups is 1. The fourth-order valence-electron chi connectivity index (χ4n) is 4.29. The summed E-state index contributed by atoms with van der Waals surface area (Å²) in [7, 11) is 1.64. The maximum atomic E-state index is 12.4. The van der Waals surface area contributed by atoms with Crippen LogP contribution in [-0.4, -0.2) is 59.1 Å². The highest BCUT2D eigenvalue weighted by molar-refractivity contribution is 5.75. The highest BCUT2D eigenvalue weighted by Crippen LogP contribution is 2.24. The molecule has 0 spiro atoms. The van der Waals surface area contributed by atoms with Crippen LogP contribution in [0.3, 0.4) is 0 Å². The number of aromatic nitrogens is 3. The molecule has 0 unspecified atom stereocenters. The number of nitrogens with zero attached hydrogens (tertiary/aromatic N) is 5. The first-order chi connectivity index (χ1) is 17.7. The Bertz CT molecular complexity index is 1260. The summed E-state index contributed by atoms with van der Waals surface area (Å²) in [6, 6.07) is 21.9. The van der Waals surface area contributed by atoms with E-state index in [1.165, 1.54) is 5.69 Å². The van der Waals surface area contributed by atoms with E-state index in [-0.39, 0.29) is 12.5 Å². The second-order valence-electron chi connectivity index (χ2n) is 8.78. The maximum absolute atomic E-state index is 12.4. The first-order valence-electron chi connectivity index (χ1n) is 12.1. The number of benzene rings is 2. The molecule has 0 bridgehead atoms. The molecule has 1 N–H and O–H groups in total. The average molecular weight is 487 g/mol. The Morgan fingerprint density at radius 3 is 2.53 bits per heavy atom. The second kappa shape index (κ2) is 11.1. The lowest BCUT2D eigenvalue weighted by Crippen LogP contribution is -2.46. The number of furan rings is 1. The van der Waals surface area contributed by atoms with Gasteiger partial charge >= 0.3 is 0 Å². The molecule has 0 aliphatic carbocycles. The smallest absolute Gasteiger partial charge is 0.242 e. The SMILES string of the molecule is COc1ccc(-c2ccc(CNC(=O)Cn3cc(CN4CCN(c5ccccc5)CC4)nn3)o2)cc1. The van der Waals surface area contributed by atoms with E-state index in [2.05, 4.69) is 49.7 Å². The summed E-state index contributed by atoms with van der Waals surface area (Å²) in [6.07, 6.45) is 1.85. The van der Waals surface area contributed by atoms with Crippen LogP contribution in [0.15, 0.2) is 77.3 Å². The van der Waals surface area contributed by atoms with Crippen LogP contribution in [0.2, 0.25) is 0 Å². The lowest BCUT2D eigenvalue weighted by molar-refractivity contribution is -0.122. The van der Waals surface area contributed by atoms with E-state index in [9.17, 15) is 4.79 Å². The number of piperazine rings is 1. The summed E-state index contributed by atoms with van der Waals surface area (Å²) in [5.74, 6) is 2.07. The maximum Gasteiger partial charge on any atom is 0.242 e. The van der Waals surface area contributed by atoms with Crippen molar-refractivity contribution in [3.8, 4) is 17.1 Å². The Morgan fingerprint density at radius 2 is 1.78 bits per heavy atom. The fraction of sp³-hybridized carbons (Fsp3) is 0.296. The molecular formula is C27H30N6O3. The van der Waals surface area contributed by atoms with Crippen LogP contribution in [0.1, 0.15) is 11.5 Å². The zero-order valence-corrected chi connectivity index (χ0v) is 20.3. The van der Waals surface area contributed by atoms with Gasteiger partial charge in [0.1, 0.15) is 23.8 Å². The van der Waals surface area contributed by atoms with E-state index in [0.717, 1.165) is 55.5 Å². The molecule has 186 valence electrons. The summed E-state index contributed by atoms with van der Waals surface area (Å²) in [6.45, 7) is 5.03. The predicted octanol–water partition coefficient (Wildman–Crippen LogP) is 3.19. The van der Waals surface area contributed by atoms with Gasteiger partial charge in [0, 0.05) is 44.0 Å². The summed E-state index contributed by atoms with van der Waals surface area (Å²) in [5.41, 5.74) is 3.08. The Morgan fingerprint density at radius 1 is 1.00 bits per heavy atom. The minimum atomic E-state index is -0.148. The van der Waals surface area contributed by atoms with Crippen LogP contribution in [0.25, 0.3) is 11.3 Å². The molecule has 4 aromatic rings. The summed E-state index contributed by atoms with van der Waals surface area (Å²) >= 11 is 0. The van der Waals surface area contributed by atoms with Gasteiger partial charge in [0.25, 0.3) is 0 Å². The van der Waals surface area contributed by atoms with Crippen molar-refractivity contribution in [2.75, 3.05) is 38.2 Å². The molecule has 1 aliphatic heterocycles. The molecule has 0 saturated carbocycles. The zero-order valence-electron chi connectivity index (χ0n) is 20.3. The normalized spacial score (nSPS) is 14.1. The predicted molar refractivity (Wildman–Crippen MR) is 136 cm³/mol. The number of anilines is 1. The van der Waals surface area contributed by atoms with E-state index in [4.69, 9.17) is 9.15 Å². The minimum absolute atomic E-state index is 0.112. The van der Waals surface area contributed by atoms with Crippen molar-refractivity contribution in [1.82, 2.24) is 25.2 Å². The van der Waals surface area contributed by atoms with Crippen molar-refractivity contribution >= 4 is 11.6 Å². The lowest BCUT2D eigenvalue weighted by atomic mass is 10.2. The van der Waals surface area contributed by atoms with Crippen LogP contribution in [0.4, 0.5) is 5.69 Å². The topological polar surface area (TPSA) is 88.7 Å². The van der Waals surface area contributed by atoms with Gasteiger partial charge in [-0.05, 0) is 48.5 Å². The van der Waals surface area contributed by atoms with Crippen molar-refractivity contribution in [2.24, 2.45) is 0 Å². The van der Waals surface area contributed by atoms with Gasteiger partial charge in [0.2, 0.25) is 5.91 Å². The molecule has 2 aromatic carbocycles. The molecule has 1 aliphatic rings. The number of hydrogen-bond donors (Lipinski definition) is 1. The number of hydrogen-bond acceptors (Lipinski definition) is 7. The zero-order chi connectivity index (χ0) is 24.7. The number of rotatable bonds is 9. The van der Waals surface area contributed by atoms with Gasteiger partial charge in [-0.2, -0.15) is 0 Å². The van der Waals surface area contributed by atoms with Crippen molar-refractivity contribution in [3.05, 3.63) is 84.4 Å². The van der Waals surface area contributed by atoms with Gasteiger partial charge in [0.15, 0.2) is 0 Å². The number of carbonyl (C=O) groups excluding carboxylic acids is 1. The first kappa shape index (κ1) is 23.6. The van der Waals surface area contributed by atoms with Gasteiger partial charge in [0.05, 0.1) is 25.5 Å². The van der Waals surface area contributed by atoms with E-state index in [0.29, 0.717) is 12.3 Å². The number of amides is 1. The van der Waals surface area contributed by atoms with Gasteiger partial charge in [-0.3, -0.25) is 9.69 Å². The monoisotopic (exact) mass is 486 g/mol. The molecule has 5 rings (SSSR count). The van der Waals surface area contributed by atoms with E-state index < -0.39 is 0 Å². The average Bonchev–Trinajstić information content (AvgIpc) is 3.58. The van der Waals surface area contributed by atoms with Gasteiger partial charge < -0.3 is 19.4 Å². The van der Waals surface area contributed by atoms with Gasteiger partial charge in [-0.15, -0.1) is 5.10 Å². The summed E-state index contributed by atoms with van der Waals surface area (Å²) in [4.78, 5) is 17.2. The quantitative estimate of drug-likeness (QED) is 0.389. The molecular weight excluding hydrogens is 456 g/mol.